The summed E-state index contributed by atoms with van der Waals surface area (Å²) < 4.78 is 32.7. The maximum absolute atomic E-state index is 12.6. The van der Waals surface area contributed by atoms with E-state index in [1.54, 1.807) is 7.11 Å². The van der Waals surface area contributed by atoms with Crippen molar-refractivity contribution in [1.82, 2.24) is 4.72 Å². The van der Waals surface area contributed by atoms with Crippen LogP contribution in [0.2, 0.25) is 0 Å². The van der Waals surface area contributed by atoms with Gasteiger partial charge in [-0.3, -0.25) is 0 Å². The SMILES string of the molecule is COCC(C)Nc1ccc(C(=O)O)cc1S(=O)(=O)NCCC(C)C. The van der Waals surface area contributed by atoms with Crippen LogP contribution < -0.4 is 10.0 Å². The summed E-state index contributed by atoms with van der Waals surface area (Å²) in [7, 11) is -2.27. The lowest BCUT2D eigenvalue weighted by Gasteiger charge is -2.18. The maximum Gasteiger partial charge on any atom is 0.335 e. The van der Waals surface area contributed by atoms with Crippen molar-refractivity contribution in [2.45, 2.75) is 38.1 Å². The molecule has 1 rings (SSSR count). The second-order valence-corrected chi connectivity index (χ2v) is 7.83. The highest BCUT2D eigenvalue weighted by atomic mass is 32.2. The van der Waals surface area contributed by atoms with Crippen LogP contribution in [0.15, 0.2) is 23.1 Å². The molecule has 1 unspecified atom stereocenters. The van der Waals surface area contributed by atoms with Crippen molar-refractivity contribution in [2.75, 3.05) is 25.6 Å². The van der Waals surface area contributed by atoms with Crippen molar-refractivity contribution in [3.05, 3.63) is 23.8 Å². The Morgan fingerprint density at radius 3 is 2.50 bits per heavy atom. The number of hydrogen-bond acceptors (Lipinski definition) is 5. The normalized spacial score (nSPS) is 13.0. The molecule has 0 aliphatic heterocycles. The lowest BCUT2D eigenvalue weighted by Crippen LogP contribution is -2.28. The molecular weight excluding hydrogens is 332 g/mol. The summed E-state index contributed by atoms with van der Waals surface area (Å²) in [4.78, 5) is 11.1. The minimum absolute atomic E-state index is 0.0749. The van der Waals surface area contributed by atoms with E-state index in [1.807, 2.05) is 20.8 Å². The van der Waals surface area contributed by atoms with E-state index in [4.69, 9.17) is 9.84 Å². The van der Waals surface area contributed by atoms with Crippen molar-refractivity contribution in [2.24, 2.45) is 5.92 Å². The van der Waals surface area contributed by atoms with Crippen LogP contribution in [-0.2, 0) is 14.8 Å². The van der Waals surface area contributed by atoms with Crippen LogP contribution in [-0.4, -0.2) is 45.8 Å². The van der Waals surface area contributed by atoms with Gasteiger partial charge in [-0.1, -0.05) is 13.8 Å². The molecule has 0 fully saturated rings. The van der Waals surface area contributed by atoms with Gasteiger partial charge in [0.1, 0.15) is 4.90 Å². The molecule has 3 N–H and O–H groups in total. The van der Waals surface area contributed by atoms with Gasteiger partial charge in [0.15, 0.2) is 0 Å². The van der Waals surface area contributed by atoms with Gasteiger partial charge in [-0.05, 0) is 37.5 Å². The number of rotatable bonds is 10. The summed E-state index contributed by atoms with van der Waals surface area (Å²) in [5.41, 5.74) is 0.269. The predicted octanol–water partition coefficient (Wildman–Crippen LogP) is 2.16. The molecule has 1 aromatic rings. The van der Waals surface area contributed by atoms with Crippen LogP contribution in [0, 0.1) is 5.92 Å². The Hall–Kier alpha value is -1.64. The van der Waals surface area contributed by atoms with Crippen LogP contribution in [0.5, 0.6) is 0 Å². The van der Waals surface area contributed by atoms with Gasteiger partial charge in [-0.2, -0.15) is 0 Å². The summed E-state index contributed by atoms with van der Waals surface area (Å²) in [6.07, 6.45) is 0.695. The quantitative estimate of drug-likeness (QED) is 0.592. The number of anilines is 1. The number of benzene rings is 1. The Labute approximate surface area is 143 Å². The van der Waals surface area contributed by atoms with Gasteiger partial charge < -0.3 is 15.2 Å². The molecule has 7 nitrogen and oxygen atoms in total. The Morgan fingerprint density at radius 2 is 1.96 bits per heavy atom. The van der Waals surface area contributed by atoms with Crippen LogP contribution in [0.3, 0.4) is 0 Å². The topological polar surface area (TPSA) is 105 Å². The molecule has 0 aromatic heterocycles. The third kappa shape index (κ3) is 6.10. The molecule has 1 aromatic carbocycles. The fraction of sp³-hybridized carbons (Fsp3) is 0.562. The van der Waals surface area contributed by atoms with Crippen LogP contribution in [0.25, 0.3) is 0 Å². The number of aromatic carboxylic acids is 1. The predicted molar refractivity (Wildman–Crippen MR) is 93.0 cm³/mol. The first-order chi connectivity index (χ1) is 11.2. The van der Waals surface area contributed by atoms with E-state index in [9.17, 15) is 13.2 Å². The van der Waals surface area contributed by atoms with E-state index in [-0.39, 0.29) is 16.5 Å². The van der Waals surface area contributed by atoms with Gasteiger partial charge in [-0.15, -0.1) is 0 Å². The number of methoxy groups -OCH3 is 1. The number of sulfonamides is 1. The summed E-state index contributed by atoms with van der Waals surface area (Å²) in [5.74, 6) is -0.817. The maximum atomic E-state index is 12.6. The Balaban J connectivity index is 3.14. The second-order valence-electron chi connectivity index (χ2n) is 6.10. The third-order valence-electron chi connectivity index (χ3n) is 3.35. The minimum atomic E-state index is -3.82. The number of hydrogen-bond donors (Lipinski definition) is 3. The van der Waals surface area contributed by atoms with E-state index in [1.165, 1.54) is 18.2 Å². The monoisotopic (exact) mass is 358 g/mol. The average Bonchev–Trinajstić information content (AvgIpc) is 2.46. The molecule has 0 radical (unpaired) electrons. The van der Waals surface area contributed by atoms with Gasteiger partial charge in [0, 0.05) is 19.7 Å². The van der Waals surface area contributed by atoms with Crippen molar-refractivity contribution in [3.8, 4) is 0 Å². The summed E-state index contributed by atoms with van der Waals surface area (Å²) in [6.45, 7) is 6.53. The molecule has 136 valence electrons. The second kappa shape index (κ2) is 9.00. The zero-order valence-electron chi connectivity index (χ0n) is 14.5. The molecule has 0 saturated heterocycles. The van der Waals surface area contributed by atoms with E-state index < -0.39 is 16.0 Å². The lowest BCUT2D eigenvalue weighted by molar-refractivity contribution is 0.0696. The molecule has 24 heavy (non-hydrogen) atoms. The van der Waals surface area contributed by atoms with Gasteiger partial charge in [0.25, 0.3) is 0 Å². The molecule has 0 spiro atoms. The van der Waals surface area contributed by atoms with E-state index in [0.717, 1.165) is 0 Å². The molecule has 8 heteroatoms. The van der Waals surface area contributed by atoms with Crippen molar-refractivity contribution < 1.29 is 23.1 Å². The Morgan fingerprint density at radius 1 is 1.29 bits per heavy atom. The molecule has 0 aliphatic carbocycles. The van der Waals surface area contributed by atoms with Gasteiger partial charge in [0.05, 0.1) is 17.9 Å². The zero-order valence-corrected chi connectivity index (χ0v) is 15.3. The fourth-order valence-corrected chi connectivity index (χ4v) is 3.35. The van der Waals surface area contributed by atoms with E-state index in [2.05, 4.69) is 10.0 Å². The zero-order chi connectivity index (χ0) is 18.3. The highest BCUT2D eigenvalue weighted by molar-refractivity contribution is 7.89. The minimum Gasteiger partial charge on any atom is -0.478 e. The number of carbonyl (C=O) groups is 1. The van der Waals surface area contributed by atoms with Crippen LogP contribution >= 0.6 is 0 Å². The lowest BCUT2D eigenvalue weighted by atomic mass is 10.1. The van der Waals surface area contributed by atoms with Crippen LogP contribution in [0.1, 0.15) is 37.6 Å². The van der Waals surface area contributed by atoms with Crippen molar-refractivity contribution >= 4 is 21.7 Å². The average molecular weight is 358 g/mol. The molecular formula is C16H26N2O5S. The molecule has 0 heterocycles. The molecule has 1 atom stereocenters. The Kier molecular flexibility index (Phi) is 7.65. The highest BCUT2D eigenvalue weighted by Gasteiger charge is 2.21. The first kappa shape index (κ1) is 20.4. The van der Waals surface area contributed by atoms with Gasteiger partial charge in [0.2, 0.25) is 10.0 Å². The largest absolute Gasteiger partial charge is 0.478 e. The fourth-order valence-electron chi connectivity index (χ4n) is 2.11. The number of carboxylic acids is 1. The van der Waals surface area contributed by atoms with E-state index in [0.29, 0.717) is 31.2 Å². The first-order valence-corrected chi connectivity index (χ1v) is 9.28. The van der Waals surface area contributed by atoms with Gasteiger partial charge >= 0.3 is 5.97 Å². The number of ether oxygens (including phenoxy) is 1. The van der Waals surface area contributed by atoms with Crippen molar-refractivity contribution in [3.63, 3.8) is 0 Å². The summed E-state index contributed by atoms with van der Waals surface area (Å²) >= 11 is 0. The van der Waals surface area contributed by atoms with E-state index >= 15 is 0 Å². The highest BCUT2D eigenvalue weighted by Crippen LogP contribution is 2.24. The molecule has 0 bridgehead atoms. The Bertz CT molecular complexity index is 658. The van der Waals surface area contributed by atoms with Crippen molar-refractivity contribution in [1.29, 1.82) is 0 Å². The summed E-state index contributed by atoms with van der Waals surface area (Å²) in [5, 5.41) is 12.2. The molecule has 0 amide bonds. The first-order valence-electron chi connectivity index (χ1n) is 7.80. The third-order valence-corrected chi connectivity index (χ3v) is 4.85. The number of nitrogens with one attached hydrogen (secondary N) is 2. The van der Waals surface area contributed by atoms with Gasteiger partial charge in [-0.25, -0.2) is 17.9 Å². The number of carboxylic acid groups (broad SMARTS) is 1. The molecule has 0 aliphatic rings. The standard InChI is InChI=1S/C16H26N2O5S/c1-11(2)7-8-17-24(21,22)15-9-13(16(19)20)5-6-14(15)18-12(3)10-23-4/h5-6,9,11-12,17-18H,7-8,10H2,1-4H3,(H,19,20). The van der Waals surface area contributed by atoms with Crippen LogP contribution in [0.4, 0.5) is 5.69 Å². The molecule has 0 saturated carbocycles. The summed E-state index contributed by atoms with van der Waals surface area (Å²) in [6, 6.07) is 3.88. The smallest absolute Gasteiger partial charge is 0.335 e.